The number of nitrogens with two attached hydrogens (primary N) is 1. The van der Waals surface area contributed by atoms with Crippen LogP contribution < -0.4 is 5.73 Å². The number of hydrogen-bond acceptors (Lipinski definition) is 3. The minimum Gasteiger partial charge on any atom is -0.481 e. The van der Waals surface area contributed by atoms with Crippen molar-refractivity contribution < 1.29 is 9.90 Å². The maximum Gasteiger partial charge on any atom is 0.306 e. The monoisotopic (exact) mass is 244 g/mol. The molecule has 0 fully saturated rings. The lowest BCUT2D eigenvalue weighted by Crippen LogP contribution is -2.20. The van der Waals surface area contributed by atoms with Crippen molar-refractivity contribution >= 4 is 16.9 Å². The quantitative estimate of drug-likeness (QED) is 0.841. The Hall–Kier alpha value is -1.94. The summed E-state index contributed by atoms with van der Waals surface area (Å²) in [6.07, 6.45) is 2.68. The van der Waals surface area contributed by atoms with Gasteiger partial charge in [0.05, 0.1) is 11.4 Å². The lowest BCUT2D eigenvalue weighted by Gasteiger charge is -2.12. The van der Waals surface area contributed by atoms with E-state index in [9.17, 15) is 4.79 Å². The molecule has 0 aliphatic heterocycles. The molecular weight excluding hydrogens is 228 g/mol. The molecule has 0 spiro atoms. The standard InChI is InChI=1S/C14H16N2O2/c15-7-6-12(14(17)18)9-11-4-1-3-10-5-2-8-16-13(10)11/h1-5,8,12H,6-7,9,15H2,(H,17,18). The Morgan fingerprint density at radius 2 is 2.11 bits per heavy atom. The highest BCUT2D eigenvalue weighted by Gasteiger charge is 2.18. The first-order chi connectivity index (χ1) is 8.72. The number of rotatable bonds is 5. The summed E-state index contributed by atoms with van der Waals surface area (Å²) in [5.74, 6) is -1.24. The van der Waals surface area contributed by atoms with Gasteiger partial charge in [0, 0.05) is 11.6 Å². The van der Waals surface area contributed by atoms with Crippen LogP contribution in [0.3, 0.4) is 0 Å². The number of nitrogens with zero attached hydrogens (tertiary/aromatic N) is 1. The molecule has 94 valence electrons. The molecule has 2 rings (SSSR count). The van der Waals surface area contributed by atoms with Gasteiger partial charge < -0.3 is 10.8 Å². The molecule has 0 saturated carbocycles. The van der Waals surface area contributed by atoms with Crippen molar-refractivity contribution in [2.24, 2.45) is 11.7 Å². The van der Waals surface area contributed by atoms with E-state index in [1.165, 1.54) is 0 Å². The van der Waals surface area contributed by atoms with Crippen molar-refractivity contribution in [2.75, 3.05) is 6.54 Å². The van der Waals surface area contributed by atoms with Gasteiger partial charge in [0.2, 0.25) is 0 Å². The zero-order valence-corrected chi connectivity index (χ0v) is 10.0. The molecule has 1 aromatic carbocycles. The van der Waals surface area contributed by atoms with Gasteiger partial charge in [-0.15, -0.1) is 0 Å². The molecule has 4 heteroatoms. The van der Waals surface area contributed by atoms with Crippen LogP contribution in [0.15, 0.2) is 36.5 Å². The van der Waals surface area contributed by atoms with E-state index in [0.717, 1.165) is 16.5 Å². The van der Waals surface area contributed by atoms with Gasteiger partial charge in [0.1, 0.15) is 0 Å². The first kappa shape index (κ1) is 12.5. The molecule has 4 nitrogen and oxygen atoms in total. The average Bonchev–Trinajstić information content (AvgIpc) is 2.38. The Morgan fingerprint density at radius 1 is 1.33 bits per heavy atom. The fourth-order valence-electron chi connectivity index (χ4n) is 2.11. The van der Waals surface area contributed by atoms with Gasteiger partial charge in [0.15, 0.2) is 0 Å². The number of aliphatic carboxylic acids is 1. The zero-order chi connectivity index (χ0) is 13.0. The van der Waals surface area contributed by atoms with E-state index in [4.69, 9.17) is 10.8 Å². The summed E-state index contributed by atoms with van der Waals surface area (Å²) in [5.41, 5.74) is 7.30. The van der Waals surface area contributed by atoms with Gasteiger partial charge in [-0.1, -0.05) is 24.3 Å². The smallest absolute Gasteiger partial charge is 0.306 e. The van der Waals surface area contributed by atoms with E-state index in [-0.39, 0.29) is 0 Å². The summed E-state index contributed by atoms with van der Waals surface area (Å²) in [6.45, 7) is 0.384. The maximum absolute atomic E-state index is 11.2. The van der Waals surface area contributed by atoms with Gasteiger partial charge in [-0.25, -0.2) is 0 Å². The van der Waals surface area contributed by atoms with Crippen LogP contribution in [0.25, 0.3) is 10.9 Å². The Kier molecular flexibility index (Phi) is 3.89. The molecule has 0 aliphatic carbocycles. The summed E-state index contributed by atoms with van der Waals surface area (Å²) in [4.78, 5) is 15.5. The largest absolute Gasteiger partial charge is 0.481 e. The summed E-state index contributed by atoms with van der Waals surface area (Å²) >= 11 is 0. The fourth-order valence-corrected chi connectivity index (χ4v) is 2.11. The third-order valence-electron chi connectivity index (χ3n) is 3.05. The SMILES string of the molecule is NCCC(Cc1cccc2cccnc12)C(=O)O. The Balaban J connectivity index is 2.33. The number of benzene rings is 1. The van der Waals surface area contributed by atoms with E-state index in [0.29, 0.717) is 19.4 Å². The normalized spacial score (nSPS) is 12.5. The van der Waals surface area contributed by atoms with Crippen LogP contribution in [0.2, 0.25) is 0 Å². The van der Waals surface area contributed by atoms with Gasteiger partial charge >= 0.3 is 5.97 Å². The Bertz CT molecular complexity index is 549. The van der Waals surface area contributed by atoms with Crippen LogP contribution in [0.1, 0.15) is 12.0 Å². The molecule has 0 amide bonds. The van der Waals surface area contributed by atoms with Crippen molar-refractivity contribution in [3.05, 3.63) is 42.1 Å². The number of fused-ring (bicyclic) bond motifs is 1. The van der Waals surface area contributed by atoms with E-state index in [1.807, 2.05) is 30.3 Å². The van der Waals surface area contributed by atoms with Crippen LogP contribution in [-0.4, -0.2) is 22.6 Å². The molecule has 1 heterocycles. The molecule has 18 heavy (non-hydrogen) atoms. The fraction of sp³-hybridized carbons (Fsp3) is 0.286. The van der Waals surface area contributed by atoms with Gasteiger partial charge in [-0.2, -0.15) is 0 Å². The molecule has 1 atom stereocenters. The third-order valence-corrected chi connectivity index (χ3v) is 3.05. The second-order valence-corrected chi connectivity index (χ2v) is 4.31. The predicted octanol–water partition coefficient (Wildman–Crippen LogP) is 1.83. The molecule has 1 aromatic heterocycles. The number of carboxylic acids is 1. The number of carboxylic acid groups (broad SMARTS) is 1. The number of carbonyl (C=O) groups is 1. The first-order valence-electron chi connectivity index (χ1n) is 5.98. The second-order valence-electron chi connectivity index (χ2n) is 4.31. The van der Waals surface area contributed by atoms with Crippen LogP contribution >= 0.6 is 0 Å². The lowest BCUT2D eigenvalue weighted by atomic mass is 9.95. The molecule has 3 N–H and O–H groups in total. The molecular formula is C14H16N2O2. The summed E-state index contributed by atoms with van der Waals surface area (Å²) in [5, 5.41) is 10.2. The number of para-hydroxylation sites is 1. The summed E-state index contributed by atoms with van der Waals surface area (Å²) in [7, 11) is 0. The molecule has 1 unspecified atom stereocenters. The Labute approximate surface area is 105 Å². The van der Waals surface area contributed by atoms with E-state index in [2.05, 4.69) is 4.98 Å². The molecule has 0 radical (unpaired) electrons. The highest BCUT2D eigenvalue weighted by Crippen LogP contribution is 2.20. The van der Waals surface area contributed by atoms with Crippen molar-refractivity contribution in [2.45, 2.75) is 12.8 Å². The number of pyridine rings is 1. The van der Waals surface area contributed by atoms with E-state index < -0.39 is 11.9 Å². The first-order valence-corrected chi connectivity index (χ1v) is 5.98. The third kappa shape index (κ3) is 2.65. The number of aromatic nitrogens is 1. The average molecular weight is 244 g/mol. The van der Waals surface area contributed by atoms with Crippen molar-refractivity contribution in [3.8, 4) is 0 Å². The molecule has 0 saturated heterocycles. The topological polar surface area (TPSA) is 76.2 Å². The van der Waals surface area contributed by atoms with Gasteiger partial charge in [-0.3, -0.25) is 9.78 Å². The minimum atomic E-state index is -0.798. The van der Waals surface area contributed by atoms with E-state index >= 15 is 0 Å². The molecule has 0 bridgehead atoms. The highest BCUT2D eigenvalue weighted by molar-refractivity contribution is 5.82. The maximum atomic E-state index is 11.2. The predicted molar refractivity (Wildman–Crippen MR) is 70.2 cm³/mol. The number of hydrogen-bond donors (Lipinski definition) is 2. The van der Waals surface area contributed by atoms with Crippen LogP contribution in [-0.2, 0) is 11.2 Å². The van der Waals surface area contributed by atoms with Gasteiger partial charge in [0.25, 0.3) is 0 Å². The van der Waals surface area contributed by atoms with Crippen LogP contribution in [0, 0.1) is 5.92 Å². The minimum absolute atomic E-state index is 0.384. The zero-order valence-electron chi connectivity index (χ0n) is 10.0. The second kappa shape index (κ2) is 5.60. The summed E-state index contributed by atoms with van der Waals surface area (Å²) < 4.78 is 0. The summed E-state index contributed by atoms with van der Waals surface area (Å²) in [6, 6.07) is 9.69. The molecule has 2 aromatic rings. The molecule has 0 aliphatic rings. The van der Waals surface area contributed by atoms with Crippen LogP contribution in [0.5, 0.6) is 0 Å². The van der Waals surface area contributed by atoms with Crippen molar-refractivity contribution in [3.63, 3.8) is 0 Å². The Morgan fingerprint density at radius 3 is 2.83 bits per heavy atom. The van der Waals surface area contributed by atoms with Crippen molar-refractivity contribution in [1.82, 2.24) is 4.98 Å². The highest BCUT2D eigenvalue weighted by atomic mass is 16.4. The lowest BCUT2D eigenvalue weighted by molar-refractivity contribution is -0.141. The van der Waals surface area contributed by atoms with Crippen LogP contribution in [0.4, 0.5) is 0 Å². The van der Waals surface area contributed by atoms with Crippen molar-refractivity contribution in [1.29, 1.82) is 0 Å². The van der Waals surface area contributed by atoms with Gasteiger partial charge in [-0.05, 0) is 31.0 Å². The van der Waals surface area contributed by atoms with E-state index in [1.54, 1.807) is 6.20 Å².